The van der Waals surface area contributed by atoms with E-state index in [0.717, 1.165) is 70.0 Å². The molecule has 0 spiro atoms. The standard InChI is InChI=1S/C38H38NO.C13H24O2.Ir/c1-22(2)29-17-24(5)18-30(23(3)4)35(29)34-21-31-36(39-33-16-12-11-15-28(33)37(31)40-34)26-19-25-13-9-10-14-27(25)32(20-26)38(6,7)8;1-5-10(6-2)12(14)9-13(15)11(7-3)8-4;/h9-18,20-23H,1-8H3;9-11,14H,5-8H2,1-4H3;/q-1;;/b;12-9-;. The first kappa shape index (κ1) is 44.7. The monoisotopic (exact) mass is 929 g/mol. The molecular formula is C51H62IrNO3-. The molecule has 0 saturated carbocycles. The van der Waals surface area contributed by atoms with Crippen LogP contribution in [-0.4, -0.2) is 15.9 Å². The number of fused-ring (bicyclic) bond motifs is 4. The number of furan rings is 1. The van der Waals surface area contributed by atoms with Crippen molar-refractivity contribution in [3.05, 3.63) is 113 Å². The Morgan fingerprint density at radius 1 is 0.786 bits per heavy atom. The van der Waals surface area contributed by atoms with Crippen LogP contribution in [-0.2, 0) is 30.3 Å². The van der Waals surface area contributed by atoms with E-state index in [1.165, 1.54) is 39.3 Å². The molecule has 0 aliphatic carbocycles. The van der Waals surface area contributed by atoms with Crippen LogP contribution >= 0.6 is 0 Å². The van der Waals surface area contributed by atoms with Gasteiger partial charge in [0.05, 0.1) is 11.3 Å². The van der Waals surface area contributed by atoms with Gasteiger partial charge >= 0.3 is 0 Å². The number of pyridine rings is 1. The molecule has 0 saturated heterocycles. The molecule has 0 atom stereocenters. The maximum absolute atomic E-state index is 11.7. The van der Waals surface area contributed by atoms with Crippen LogP contribution in [0.15, 0.2) is 89.0 Å². The van der Waals surface area contributed by atoms with E-state index < -0.39 is 0 Å². The maximum Gasteiger partial charge on any atom is 0.162 e. The van der Waals surface area contributed by atoms with Crippen molar-refractivity contribution in [2.75, 3.05) is 0 Å². The Morgan fingerprint density at radius 3 is 1.89 bits per heavy atom. The Morgan fingerprint density at radius 2 is 1.34 bits per heavy atom. The van der Waals surface area contributed by atoms with Gasteiger partial charge in [-0.2, -0.15) is 0 Å². The first-order valence-electron chi connectivity index (χ1n) is 20.5. The zero-order valence-corrected chi connectivity index (χ0v) is 38.1. The number of carbonyl (C=O) groups is 1. The van der Waals surface area contributed by atoms with Crippen LogP contribution in [0, 0.1) is 24.8 Å². The summed E-state index contributed by atoms with van der Waals surface area (Å²) in [5.41, 5.74) is 10.2. The van der Waals surface area contributed by atoms with Crippen LogP contribution in [0.4, 0.5) is 0 Å². The van der Waals surface area contributed by atoms with Gasteiger partial charge in [-0.15, -0.1) is 29.1 Å². The molecule has 56 heavy (non-hydrogen) atoms. The Bertz CT molecular complexity index is 2280. The van der Waals surface area contributed by atoms with Gasteiger partial charge in [0.2, 0.25) is 0 Å². The number of aliphatic hydroxyl groups is 1. The molecule has 0 unspecified atom stereocenters. The zero-order chi connectivity index (χ0) is 40.2. The van der Waals surface area contributed by atoms with E-state index in [1.807, 2.05) is 33.8 Å². The predicted octanol–water partition coefficient (Wildman–Crippen LogP) is 15.0. The van der Waals surface area contributed by atoms with Crippen molar-refractivity contribution in [2.24, 2.45) is 11.8 Å². The van der Waals surface area contributed by atoms with Crippen LogP contribution in [0.25, 0.3) is 55.2 Å². The zero-order valence-electron chi connectivity index (χ0n) is 35.7. The smallest absolute Gasteiger partial charge is 0.162 e. The molecule has 4 aromatic carbocycles. The topological polar surface area (TPSA) is 63.3 Å². The normalized spacial score (nSPS) is 12.2. The van der Waals surface area contributed by atoms with Gasteiger partial charge < -0.3 is 9.52 Å². The number of allylic oxidation sites excluding steroid dienone is 2. The Balaban J connectivity index is 0.000000372. The van der Waals surface area contributed by atoms with Crippen molar-refractivity contribution in [3.63, 3.8) is 0 Å². The van der Waals surface area contributed by atoms with Gasteiger partial charge in [0.25, 0.3) is 0 Å². The minimum Gasteiger partial charge on any atom is -0.512 e. The summed E-state index contributed by atoms with van der Waals surface area (Å²) in [7, 11) is 0. The summed E-state index contributed by atoms with van der Waals surface area (Å²) >= 11 is 0. The molecule has 0 bridgehead atoms. The molecular weight excluding hydrogens is 867 g/mol. The van der Waals surface area contributed by atoms with E-state index in [1.54, 1.807) is 0 Å². The van der Waals surface area contributed by atoms with Crippen molar-refractivity contribution in [1.82, 2.24) is 4.98 Å². The van der Waals surface area contributed by atoms with Gasteiger partial charge in [-0.1, -0.05) is 135 Å². The van der Waals surface area contributed by atoms with Gasteiger partial charge in [-0.05, 0) is 79.2 Å². The molecule has 4 nitrogen and oxygen atoms in total. The number of nitrogens with zero attached hydrogens (tertiary/aromatic N) is 1. The number of carbonyl (C=O) groups excluding carboxylic acids is 1. The van der Waals surface area contributed by atoms with Crippen molar-refractivity contribution >= 4 is 38.4 Å². The first-order chi connectivity index (χ1) is 26.1. The number of aromatic nitrogens is 1. The third-order valence-electron chi connectivity index (χ3n) is 11.1. The van der Waals surface area contributed by atoms with Gasteiger partial charge in [0.15, 0.2) is 5.78 Å². The van der Waals surface area contributed by atoms with E-state index >= 15 is 0 Å². The molecule has 0 amide bonds. The van der Waals surface area contributed by atoms with Crippen LogP contribution in [0.5, 0.6) is 0 Å². The largest absolute Gasteiger partial charge is 0.512 e. The van der Waals surface area contributed by atoms with Crippen molar-refractivity contribution in [2.45, 2.75) is 126 Å². The van der Waals surface area contributed by atoms with Crippen LogP contribution in [0.2, 0.25) is 0 Å². The molecule has 299 valence electrons. The van der Waals surface area contributed by atoms with Crippen molar-refractivity contribution in [3.8, 4) is 22.6 Å². The molecule has 0 aliphatic heterocycles. The number of aryl methyl sites for hydroxylation is 1. The van der Waals surface area contributed by atoms with Crippen LogP contribution in [0.1, 0.15) is 136 Å². The molecule has 6 aromatic rings. The minimum atomic E-state index is -0.0266. The third-order valence-corrected chi connectivity index (χ3v) is 11.1. The fourth-order valence-electron chi connectivity index (χ4n) is 7.84. The van der Waals surface area contributed by atoms with E-state index in [2.05, 4.69) is 128 Å². The number of rotatable bonds is 11. The molecule has 1 radical (unpaired) electrons. The van der Waals surface area contributed by atoms with Crippen molar-refractivity contribution in [1.29, 1.82) is 0 Å². The number of ketones is 1. The first-order valence-corrected chi connectivity index (χ1v) is 20.5. The van der Waals surface area contributed by atoms with Gasteiger partial charge in [-0.3, -0.25) is 9.78 Å². The Hall–Kier alpha value is -4.05. The second kappa shape index (κ2) is 18.9. The molecule has 2 heterocycles. The SMILES string of the molecule is CCC(CC)C(=O)/C=C(\O)C(CC)CC.Cc1cc(C(C)C)c(-c2cc3c(-c4[c-]c5ccccc5c(C(C)(C)C)c4)nc4ccccc4c3o2)c(C(C)C)c1.[Ir]. The number of para-hydroxylation sites is 1. The summed E-state index contributed by atoms with van der Waals surface area (Å²) < 4.78 is 6.88. The van der Waals surface area contributed by atoms with Crippen LogP contribution in [0.3, 0.4) is 0 Å². The maximum atomic E-state index is 11.7. The van der Waals surface area contributed by atoms with Crippen LogP contribution < -0.4 is 0 Å². The summed E-state index contributed by atoms with van der Waals surface area (Å²) in [4.78, 5) is 17.0. The predicted molar refractivity (Wildman–Crippen MR) is 234 cm³/mol. The summed E-state index contributed by atoms with van der Waals surface area (Å²) in [6, 6.07) is 29.8. The molecule has 1 N–H and O–H groups in total. The van der Waals surface area contributed by atoms with Crippen molar-refractivity contribution < 1.29 is 34.4 Å². The van der Waals surface area contributed by atoms with E-state index in [0.29, 0.717) is 11.8 Å². The summed E-state index contributed by atoms with van der Waals surface area (Å²) in [6.45, 7) is 26.2. The summed E-state index contributed by atoms with van der Waals surface area (Å²) in [6.07, 6.45) is 4.91. The quantitative estimate of drug-likeness (QED) is 0.0799. The van der Waals surface area contributed by atoms with E-state index in [9.17, 15) is 9.90 Å². The molecule has 6 rings (SSSR count). The average Bonchev–Trinajstić information content (AvgIpc) is 3.60. The molecule has 5 heteroatoms. The number of benzene rings is 4. The fourth-order valence-corrected chi connectivity index (χ4v) is 7.84. The third kappa shape index (κ3) is 9.55. The second-order valence-corrected chi connectivity index (χ2v) is 16.8. The van der Waals surface area contributed by atoms with Gasteiger partial charge in [0.1, 0.15) is 11.3 Å². The van der Waals surface area contributed by atoms with E-state index in [-0.39, 0.29) is 48.9 Å². The summed E-state index contributed by atoms with van der Waals surface area (Å²) in [5, 5.41) is 14.2. The number of hydrogen-bond donors (Lipinski definition) is 1. The molecule has 2 aromatic heterocycles. The Labute approximate surface area is 349 Å². The van der Waals surface area contributed by atoms with Gasteiger partial charge in [-0.25, -0.2) is 0 Å². The number of hydrogen-bond acceptors (Lipinski definition) is 4. The summed E-state index contributed by atoms with van der Waals surface area (Å²) in [5.74, 6) is 2.21. The van der Waals surface area contributed by atoms with E-state index in [4.69, 9.17) is 9.40 Å². The fraction of sp³-hybridized carbons (Fsp3) is 0.412. The molecule has 0 fully saturated rings. The number of aliphatic hydroxyl groups excluding tert-OH is 1. The Kier molecular flexibility index (Phi) is 15.1. The minimum absolute atomic E-state index is 0. The van der Waals surface area contributed by atoms with Gasteiger partial charge in [0, 0.05) is 60.0 Å². The molecule has 0 aliphatic rings. The average molecular weight is 929 g/mol. The second-order valence-electron chi connectivity index (χ2n) is 16.8.